The maximum Gasteiger partial charge on any atom is 0.250 e. The summed E-state index contributed by atoms with van der Waals surface area (Å²) < 4.78 is 18.9. The van der Waals surface area contributed by atoms with Crippen LogP contribution in [0.3, 0.4) is 0 Å². The van der Waals surface area contributed by atoms with Crippen molar-refractivity contribution in [1.29, 1.82) is 0 Å². The highest BCUT2D eigenvalue weighted by Gasteiger charge is 2.37. The van der Waals surface area contributed by atoms with Gasteiger partial charge in [0.2, 0.25) is 5.78 Å². The average Bonchev–Trinajstić information content (AvgIpc) is 3.21. The zero-order valence-corrected chi connectivity index (χ0v) is 20.8. The molecule has 6 rings (SSSR count). The molecule has 4 heterocycles. The second-order valence-electron chi connectivity index (χ2n) is 9.85. The Kier molecular flexibility index (Phi) is 5.76. The Hall–Kier alpha value is -4.04. The molecule has 1 fully saturated rings. The van der Waals surface area contributed by atoms with Gasteiger partial charge >= 0.3 is 0 Å². The quantitative estimate of drug-likeness (QED) is 0.533. The number of aromatic nitrogens is 1. The zero-order chi connectivity index (χ0) is 25.7. The van der Waals surface area contributed by atoms with Crippen LogP contribution in [0.4, 0.5) is 0 Å². The van der Waals surface area contributed by atoms with Crippen molar-refractivity contribution in [2.24, 2.45) is 5.92 Å². The minimum Gasteiger partial charge on any atom is -0.507 e. The smallest absolute Gasteiger partial charge is 0.250 e. The largest absolute Gasteiger partial charge is 0.507 e. The predicted molar refractivity (Wildman–Crippen MR) is 137 cm³/mol. The summed E-state index contributed by atoms with van der Waals surface area (Å²) in [6.45, 7) is 2.71. The molecular weight excluding hydrogens is 472 g/mol. The molecule has 0 aliphatic carbocycles. The Morgan fingerprint density at radius 1 is 1.03 bits per heavy atom. The lowest BCUT2D eigenvalue weighted by atomic mass is 9.83. The van der Waals surface area contributed by atoms with Crippen LogP contribution in [-0.2, 0) is 13.1 Å². The molecule has 0 spiro atoms. The van der Waals surface area contributed by atoms with E-state index in [2.05, 4.69) is 4.90 Å². The summed E-state index contributed by atoms with van der Waals surface area (Å²) in [5.74, 6) is 2.07. The number of hydrogen-bond donors (Lipinski definition) is 1. The van der Waals surface area contributed by atoms with Crippen LogP contribution in [-0.4, -0.2) is 47.7 Å². The summed E-state index contributed by atoms with van der Waals surface area (Å²) in [7, 11) is 3.10. The van der Waals surface area contributed by atoms with Crippen LogP contribution in [0, 0.1) is 5.92 Å². The Bertz CT molecular complexity index is 1490. The lowest BCUT2D eigenvalue weighted by Crippen LogP contribution is -2.46. The van der Waals surface area contributed by atoms with E-state index in [0.717, 1.165) is 25.2 Å². The number of piperidine rings is 1. The third-order valence-electron chi connectivity index (χ3n) is 7.57. The van der Waals surface area contributed by atoms with E-state index in [1.54, 1.807) is 44.6 Å². The van der Waals surface area contributed by atoms with E-state index >= 15 is 0 Å². The number of fused-ring (bicyclic) bond motifs is 5. The van der Waals surface area contributed by atoms with Crippen LogP contribution in [0.15, 0.2) is 59.1 Å². The first kappa shape index (κ1) is 23.4. The number of carbonyl (C=O) groups excluding carboxylic acids is 1. The van der Waals surface area contributed by atoms with Gasteiger partial charge in [0.05, 0.1) is 25.3 Å². The van der Waals surface area contributed by atoms with Gasteiger partial charge in [0.15, 0.2) is 17.3 Å². The van der Waals surface area contributed by atoms with Crippen molar-refractivity contribution in [1.82, 2.24) is 9.47 Å². The Balaban J connectivity index is 1.29. The molecule has 0 saturated carbocycles. The highest BCUT2D eigenvalue weighted by atomic mass is 16.5. The average molecular weight is 501 g/mol. The molecule has 3 aliphatic rings. The Morgan fingerprint density at radius 2 is 1.86 bits per heavy atom. The number of hydrogen-bond acceptors (Lipinski definition) is 7. The number of aromatic hydroxyl groups is 1. The third kappa shape index (κ3) is 3.97. The lowest BCUT2D eigenvalue weighted by molar-refractivity contribution is 0.101. The van der Waals surface area contributed by atoms with Crippen molar-refractivity contribution in [2.75, 3.05) is 27.3 Å². The fourth-order valence-electron chi connectivity index (χ4n) is 5.96. The molecule has 1 aromatic heterocycles. The van der Waals surface area contributed by atoms with E-state index in [0.29, 0.717) is 52.9 Å². The number of para-hydroxylation sites is 1. The van der Waals surface area contributed by atoms with Crippen LogP contribution in [0.2, 0.25) is 0 Å². The van der Waals surface area contributed by atoms with E-state index in [9.17, 15) is 14.7 Å². The summed E-state index contributed by atoms with van der Waals surface area (Å²) in [5.41, 5.74) is 2.80. The molecule has 190 valence electrons. The zero-order valence-electron chi connectivity index (χ0n) is 20.8. The molecule has 3 aliphatic heterocycles. The molecular formula is C29H28N2O6. The Labute approximate surface area is 214 Å². The molecule has 8 heteroatoms. The van der Waals surface area contributed by atoms with E-state index in [-0.39, 0.29) is 28.8 Å². The van der Waals surface area contributed by atoms with Gasteiger partial charge in [-0.3, -0.25) is 14.5 Å². The summed E-state index contributed by atoms with van der Waals surface area (Å²) in [6, 6.07) is 14.1. The van der Waals surface area contributed by atoms with Gasteiger partial charge in [0.25, 0.3) is 5.56 Å². The number of allylic oxidation sites excluding steroid dienone is 1. The Morgan fingerprint density at radius 3 is 2.68 bits per heavy atom. The molecule has 2 atom stereocenters. The minimum absolute atomic E-state index is 0.0538. The lowest BCUT2D eigenvalue weighted by Gasteiger charge is -2.42. The van der Waals surface area contributed by atoms with E-state index in [1.807, 2.05) is 28.8 Å². The number of pyridine rings is 1. The summed E-state index contributed by atoms with van der Waals surface area (Å²) in [5, 5.41) is 10.8. The first-order chi connectivity index (χ1) is 18.0. The number of phenols is 1. The van der Waals surface area contributed by atoms with Crippen LogP contribution in [0.5, 0.6) is 23.0 Å². The molecule has 8 nitrogen and oxygen atoms in total. The third-order valence-corrected chi connectivity index (χ3v) is 7.57. The molecule has 37 heavy (non-hydrogen) atoms. The molecule has 3 aromatic rings. The van der Waals surface area contributed by atoms with Crippen molar-refractivity contribution in [3.63, 3.8) is 0 Å². The predicted octanol–water partition coefficient (Wildman–Crippen LogP) is 3.81. The normalized spacial score (nSPS) is 21.4. The van der Waals surface area contributed by atoms with Crippen molar-refractivity contribution in [3.05, 3.63) is 87.0 Å². The maximum absolute atomic E-state index is 13.2. The number of Topliss-reactive ketones (excluding diaryl/α,β-unsaturated/α-hetero) is 1. The topological polar surface area (TPSA) is 90.2 Å². The van der Waals surface area contributed by atoms with Crippen LogP contribution in [0.25, 0.3) is 6.08 Å². The second-order valence-corrected chi connectivity index (χ2v) is 9.85. The van der Waals surface area contributed by atoms with Crippen molar-refractivity contribution in [2.45, 2.75) is 25.4 Å². The molecule has 0 radical (unpaired) electrons. The van der Waals surface area contributed by atoms with Crippen LogP contribution < -0.4 is 19.8 Å². The highest BCUT2D eigenvalue weighted by Crippen LogP contribution is 2.43. The number of likely N-dealkylation sites (tertiary alicyclic amines) is 1. The number of methoxy groups -OCH3 is 2. The fraction of sp³-hybridized carbons (Fsp3) is 0.310. The van der Waals surface area contributed by atoms with Gasteiger partial charge in [-0.25, -0.2) is 0 Å². The molecule has 2 bridgehead atoms. The number of phenolic OH excluding ortho intramolecular Hbond substituents is 1. The van der Waals surface area contributed by atoms with E-state index in [1.165, 1.54) is 0 Å². The van der Waals surface area contributed by atoms with Gasteiger partial charge in [-0.2, -0.15) is 0 Å². The second kappa shape index (κ2) is 9.12. The van der Waals surface area contributed by atoms with Crippen LogP contribution in [0.1, 0.15) is 39.5 Å². The summed E-state index contributed by atoms with van der Waals surface area (Å²) >= 11 is 0. The molecule has 1 saturated heterocycles. The first-order valence-electron chi connectivity index (χ1n) is 12.4. The van der Waals surface area contributed by atoms with Gasteiger partial charge in [0, 0.05) is 49.4 Å². The standard InChI is InChI=1S/C29H28N2O6/c1-35-24-7-3-5-18(28(24)36-2)12-25-27(34)20-9-10-23(32)21(29(20)37-25)16-30-13-17-11-19(15-30)22-6-4-8-26(33)31(22)14-17/h3-10,12,17,19,32H,11,13-16H2,1-2H3/b25-12-/t17-,19+/m1/s1. The molecule has 0 unspecified atom stereocenters. The summed E-state index contributed by atoms with van der Waals surface area (Å²) in [6.07, 6.45) is 2.69. The van der Waals surface area contributed by atoms with Gasteiger partial charge in [0.1, 0.15) is 11.5 Å². The SMILES string of the molecule is COc1cccc(/C=C2\Oc3c(ccc(O)c3CN3C[C@H]4C[C@@H](C3)c3cccc(=O)n3C4)C2=O)c1OC. The number of nitrogens with zero attached hydrogens (tertiary/aromatic N) is 2. The van der Waals surface area contributed by atoms with Gasteiger partial charge in [-0.15, -0.1) is 0 Å². The van der Waals surface area contributed by atoms with Crippen molar-refractivity contribution >= 4 is 11.9 Å². The van der Waals surface area contributed by atoms with Gasteiger partial charge < -0.3 is 23.9 Å². The van der Waals surface area contributed by atoms with Crippen LogP contribution >= 0.6 is 0 Å². The first-order valence-corrected chi connectivity index (χ1v) is 12.4. The minimum atomic E-state index is -0.245. The molecule has 2 aromatic carbocycles. The van der Waals surface area contributed by atoms with Gasteiger partial charge in [-0.1, -0.05) is 18.2 Å². The number of ketones is 1. The van der Waals surface area contributed by atoms with E-state index in [4.69, 9.17) is 14.2 Å². The molecule has 0 amide bonds. The van der Waals surface area contributed by atoms with Gasteiger partial charge in [-0.05, 0) is 42.7 Å². The number of ether oxygens (including phenoxy) is 3. The van der Waals surface area contributed by atoms with E-state index < -0.39 is 0 Å². The monoisotopic (exact) mass is 500 g/mol. The number of rotatable bonds is 5. The van der Waals surface area contributed by atoms with Crippen molar-refractivity contribution < 1.29 is 24.1 Å². The molecule has 1 N–H and O–H groups in total. The summed E-state index contributed by atoms with van der Waals surface area (Å²) in [4.78, 5) is 27.9. The van der Waals surface area contributed by atoms with Crippen molar-refractivity contribution in [3.8, 4) is 23.0 Å². The maximum atomic E-state index is 13.2. The highest BCUT2D eigenvalue weighted by molar-refractivity contribution is 6.15. The number of benzene rings is 2. The fourth-order valence-corrected chi connectivity index (χ4v) is 5.96. The number of carbonyl (C=O) groups is 1.